The maximum Gasteiger partial charge on any atom is 0.0665 e. The van der Waals surface area contributed by atoms with Crippen LogP contribution in [0.5, 0.6) is 0 Å². The van der Waals surface area contributed by atoms with Gasteiger partial charge in [-0.3, -0.25) is 10.00 Å². The van der Waals surface area contributed by atoms with E-state index in [0.717, 1.165) is 25.5 Å². The fourth-order valence-electron chi connectivity index (χ4n) is 2.68. The molecule has 2 heterocycles. The highest BCUT2D eigenvalue weighted by Crippen LogP contribution is 2.30. The summed E-state index contributed by atoms with van der Waals surface area (Å²) in [6.45, 7) is 11.3. The van der Waals surface area contributed by atoms with Gasteiger partial charge < -0.3 is 4.74 Å². The first-order valence-corrected chi connectivity index (χ1v) is 6.50. The van der Waals surface area contributed by atoms with Crippen molar-refractivity contribution in [1.82, 2.24) is 15.1 Å². The van der Waals surface area contributed by atoms with Crippen molar-refractivity contribution in [2.75, 3.05) is 19.8 Å². The summed E-state index contributed by atoms with van der Waals surface area (Å²) >= 11 is 0. The smallest absolute Gasteiger partial charge is 0.0665 e. The molecule has 0 aromatic carbocycles. The molecule has 1 N–H and O–H groups in total. The Morgan fingerprint density at radius 1 is 1.53 bits per heavy atom. The van der Waals surface area contributed by atoms with Gasteiger partial charge in [0.25, 0.3) is 0 Å². The normalized spacial score (nSPS) is 23.9. The molecular weight excluding hydrogens is 214 g/mol. The fraction of sp³-hybridized carbons (Fsp3) is 0.769. The Bertz CT molecular complexity index is 355. The quantitative estimate of drug-likeness (QED) is 0.876. The molecule has 4 nitrogen and oxygen atoms in total. The number of nitrogens with zero attached hydrogens (tertiary/aromatic N) is 2. The van der Waals surface area contributed by atoms with Gasteiger partial charge in [-0.05, 0) is 27.2 Å². The molecule has 0 saturated carbocycles. The van der Waals surface area contributed by atoms with Crippen molar-refractivity contribution < 1.29 is 4.74 Å². The van der Waals surface area contributed by atoms with Crippen LogP contribution in [0.25, 0.3) is 0 Å². The zero-order valence-corrected chi connectivity index (χ0v) is 11.3. The number of hydrogen-bond acceptors (Lipinski definition) is 3. The van der Waals surface area contributed by atoms with E-state index in [1.807, 2.05) is 0 Å². The number of H-pyrrole nitrogens is 1. The summed E-state index contributed by atoms with van der Waals surface area (Å²) in [5, 5.41) is 7.38. The highest BCUT2D eigenvalue weighted by Gasteiger charge is 2.30. The molecule has 0 aliphatic carbocycles. The summed E-state index contributed by atoms with van der Waals surface area (Å²) in [6.07, 6.45) is 1.17. The van der Waals surface area contributed by atoms with Gasteiger partial charge in [-0.25, -0.2) is 0 Å². The molecule has 0 unspecified atom stereocenters. The largest absolute Gasteiger partial charge is 0.378 e. The molecule has 1 fully saturated rings. The predicted octanol–water partition coefficient (Wildman–Crippen LogP) is 2.20. The summed E-state index contributed by atoms with van der Waals surface area (Å²) < 4.78 is 5.66. The van der Waals surface area contributed by atoms with Crippen LogP contribution in [0, 0.1) is 13.8 Å². The van der Waals surface area contributed by atoms with Crippen LogP contribution in [-0.4, -0.2) is 40.9 Å². The Balaban J connectivity index is 2.28. The van der Waals surface area contributed by atoms with Crippen LogP contribution in [0.2, 0.25) is 0 Å². The van der Waals surface area contributed by atoms with Crippen molar-refractivity contribution in [2.24, 2.45) is 0 Å². The number of rotatable bonds is 3. The molecule has 96 valence electrons. The lowest BCUT2D eigenvalue weighted by Gasteiger charge is -2.39. The van der Waals surface area contributed by atoms with Crippen molar-refractivity contribution in [3.05, 3.63) is 17.0 Å². The summed E-state index contributed by atoms with van der Waals surface area (Å²) in [7, 11) is 0. The molecule has 17 heavy (non-hydrogen) atoms. The maximum atomic E-state index is 5.66. The Hall–Kier alpha value is -0.870. The SMILES string of the molecule is CC[C@H](C)N1CCOC[C@H]1c1c(C)n[nH]c1C. The van der Waals surface area contributed by atoms with E-state index in [-0.39, 0.29) is 0 Å². The molecular formula is C13H23N3O. The van der Waals surface area contributed by atoms with E-state index < -0.39 is 0 Å². The third-order valence-corrected chi connectivity index (χ3v) is 3.85. The van der Waals surface area contributed by atoms with Crippen molar-refractivity contribution in [3.8, 4) is 0 Å². The highest BCUT2D eigenvalue weighted by molar-refractivity contribution is 5.27. The van der Waals surface area contributed by atoms with Crippen LogP contribution in [-0.2, 0) is 4.74 Å². The summed E-state index contributed by atoms with van der Waals surface area (Å²) in [6, 6.07) is 0.954. The lowest BCUT2D eigenvalue weighted by atomic mass is 10.0. The molecule has 1 aromatic rings. The molecule has 0 spiro atoms. The summed E-state index contributed by atoms with van der Waals surface area (Å²) in [4.78, 5) is 2.55. The van der Waals surface area contributed by atoms with Gasteiger partial charge in [0.15, 0.2) is 0 Å². The Morgan fingerprint density at radius 3 is 2.88 bits per heavy atom. The third-order valence-electron chi connectivity index (χ3n) is 3.85. The van der Waals surface area contributed by atoms with Crippen molar-refractivity contribution in [2.45, 2.75) is 46.2 Å². The average molecular weight is 237 g/mol. The molecule has 2 atom stereocenters. The number of hydrogen-bond donors (Lipinski definition) is 1. The summed E-state index contributed by atoms with van der Waals surface area (Å²) in [5.41, 5.74) is 3.60. The fourth-order valence-corrected chi connectivity index (χ4v) is 2.68. The average Bonchev–Trinajstić information content (AvgIpc) is 2.68. The van der Waals surface area contributed by atoms with Crippen molar-refractivity contribution in [3.63, 3.8) is 0 Å². The van der Waals surface area contributed by atoms with Crippen LogP contribution < -0.4 is 0 Å². The first-order valence-electron chi connectivity index (χ1n) is 6.50. The summed E-state index contributed by atoms with van der Waals surface area (Å²) in [5.74, 6) is 0. The Morgan fingerprint density at radius 2 is 2.29 bits per heavy atom. The topological polar surface area (TPSA) is 41.1 Å². The van der Waals surface area contributed by atoms with Crippen LogP contribution in [0.4, 0.5) is 0 Å². The second-order valence-corrected chi connectivity index (χ2v) is 4.93. The minimum Gasteiger partial charge on any atom is -0.378 e. The van der Waals surface area contributed by atoms with E-state index in [9.17, 15) is 0 Å². The van der Waals surface area contributed by atoms with E-state index in [1.165, 1.54) is 17.7 Å². The zero-order chi connectivity index (χ0) is 12.4. The standard InChI is InChI=1S/C13H23N3O/c1-5-9(2)16-6-7-17-8-12(16)13-10(3)14-15-11(13)4/h9,12H,5-8H2,1-4H3,(H,14,15)/t9-,12-/m0/s1. The van der Waals surface area contributed by atoms with Crippen LogP contribution in [0.1, 0.15) is 43.3 Å². The van der Waals surface area contributed by atoms with Crippen LogP contribution in [0.3, 0.4) is 0 Å². The molecule has 1 saturated heterocycles. The van der Waals surface area contributed by atoms with E-state index in [2.05, 4.69) is 42.8 Å². The van der Waals surface area contributed by atoms with Crippen LogP contribution in [0.15, 0.2) is 0 Å². The number of aryl methyl sites for hydroxylation is 2. The second-order valence-electron chi connectivity index (χ2n) is 4.93. The van der Waals surface area contributed by atoms with Crippen molar-refractivity contribution >= 4 is 0 Å². The molecule has 0 radical (unpaired) electrons. The molecule has 1 aromatic heterocycles. The minimum atomic E-state index is 0.359. The molecule has 4 heteroatoms. The second kappa shape index (κ2) is 5.19. The number of nitrogens with one attached hydrogen (secondary N) is 1. The van der Waals surface area contributed by atoms with Gasteiger partial charge >= 0.3 is 0 Å². The van der Waals surface area contributed by atoms with Gasteiger partial charge in [0.2, 0.25) is 0 Å². The van der Waals surface area contributed by atoms with E-state index in [1.54, 1.807) is 0 Å². The first-order chi connectivity index (χ1) is 8.15. The predicted molar refractivity (Wildman–Crippen MR) is 68.1 cm³/mol. The molecule has 0 bridgehead atoms. The molecule has 1 aliphatic rings. The molecule has 1 aliphatic heterocycles. The number of aromatic nitrogens is 2. The van der Waals surface area contributed by atoms with E-state index in [4.69, 9.17) is 4.74 Å². The lowest BCUT2D eigenvalue weighted by Crippen LogP contribution is -2.44. The number of ether oxygens (including phenoxy) is 1. The maximum absolute atomic E-state index is 5.66. The van der Waals surface area contributed by atoms with Crippen molar-refractivity contribution in [1.29, 1.82) is 0 Å². The van der Waals surface area contributed by atoms with Gasteiger partial charge in [-0.1, -0.05) is 6.92 Å². The van der Waals surface area contributed by atoms with Gasteiger partial charge in [0, 0.05) is 23.8 Å². The highest BCUT2D eigenvalue weighted by atomic mass is 16.5. The van der Waals surface area contributed by atoms with E-state index in [0.29, 0.717) is 12.1 Å². The monoisotopic (exact) mass is 237 g/mol. The lowest BCUT2D eigenvalue weighted by molar-refractivity contribution is -0.0278. The number of morpholine rings is 1. The first kappa shape index (κ1) is 12.6. The molecule has 0 amide bonds. The Labute approximate surface area is 103 Å². The van der Waals surface area contributed by atoms with Gasteiger partial charge in [0.1, 0.15) is 0 Å². The molecule has 2 rings (SSSR count). The Kier molecular flexibility index (Phi) is 3.84. The zero-order valence-electron chi connectivity index (χ0n) is 11.3. The number of aromatic amines is 1. The van der Waals surface area contributed by atoms with E-state index >= 15 is 0 Å². The van der Waals surface area contributed by atoms with Gasteiger partial charge in [-0.15, -0.1) is 0 Å². The van der Waals surface area contributed by atoms with Gasteiger partial charge in [0.05, 0.1) is 24.9 Å². The van der Waals surface area contributed by atoms with Gasteiger partial charge in [-0.2, -0.15) is 5.10 Å². The minimum absolute atomic E-state index is 0.359. The van der Waals surface area contributed by atoms with Crippen LogP contribution >= 0.6 is 0 Å². The third kappa shape index (κ3) is 2.38.